The van der Waals surface area contributed by atoms with Gasteiger partial charge in [0.25, 0.3) is 0 Å². The Hall–Kier alpha value is -0.470. The van der Waals surface area contributed by atoms with E-state index in [9.17, 15) is 0 Å². The van der Waals surface area contributed by atoms with Crippen molar-refractivity contribution >= 4 is 30.3 Å². The Morgan fingerprint density at radius 1 is 1.50 bits per heavy atom. The van der Waals surface area contributed by atoms with Gasteiger partial charge in [0.2, 0.25) is 0 Å². The van der Waals surface area contributed by atoms with Gasteiger partial charge in [-0.3, -0.25) is 4.98 Å². The molecule has 0 atom stereocenters. The van der Waals surface area contributed by atoms with E-state index in [0.29, 0.717) is 5.02 Å². The lowest BCUT2D eigenvalue weighted by molar-refractivity contribution is 1.24. The maximum Gasteiger partial charge on any atom is 0.0627 e. The van der Waals surface area contributed by atoms with Crippen LogP contribution in [0.15, 0.2) is 24.4 Å². The molecule has 1 aromatic rings. The minimum atomic E-state index is 0.668. The normalized spacial score (nSPS) is 10.8. The lowest BCUT2D eigenvalue weighted by atomic mass is 10.3. The zero-order chi connectivity index (χ0) is 8.81. The van der Waals surface area contributed by atoms with E-state index in [1.54, 1.807) is 6.20 Å². The van der Waals surface area contributed by atoms with Crippen molar-refractivity contribution in [1.29, 1.82) is 0 Å². The molecule has 0 fully saturated rings. The van der Waals surface area contributed by atoms with Gasteiger partial charge >= 0.3 is 0 Å². The van der Waals surface area contributed by atoms with E-state index in [0.717, 1.165) is 17.9 Å². The first-order chi connectivity index (χ1) is 5.83. The third-order valence-corrected chi connectivity index (χ3v) is 1.82. The summed E-state index contributed by atoms with van der Waals surface area (Å²) in [5, 5.41) is 0.668. The number of thiol groups is 1. The molecule has 0 aliphatic heterocycles. The minimum absolute atomic E-state index is 0.668. The molecule has 0 amide bonds. The Morgan fingerprint density at radius 2 is 2.33 bits per heavy atom. The Balaban J connectivity index is 2.58. The standard InChI is InChI=1S/C9H10ClNS/c10-8-4-5-9(11-7-8)3-1-2-6-12/h1,3-5,7,12H,2,6H2. The van der Waals surface area contributed by atoms with Crippen molar-refractivity contribution in [2.24, 2.45) is 0 Å². The molecule has 0 saturated carbocycles. The summed E-state index contributed by atoms with van der Waals surface area (Å²) < 4.78 is 0. The van der Waals surface area contributed by atoms with Gasteiger partial charge in [-0.1, -0.05) is 17.7 Å². The Labute approximate surface area is 82.9 Å². The Bertz CT molecular complexity index is 256. The van der Waals surface area contributed by atoms with E-state index in [2.05, 4.69) is 17.6 Å². The Kier molecular flexibility index (Phi) is 4.19. The van der Waals surface area contributed by atoms with Crippen LogP contribution in [0.5, 0.6) is 0 Å². The summed E-state index contributed by atoms with van der Waals surface area (Å²) in [6, 6.07) is 3.71. The van der Waals surface area contributed by atoms with Crippen molar-refractivity contribution in [2.45, 2.75) is 6.42 Å². The molecule has 64 valence electrons. The molecule has 0 bridgehead atoms. The molecule has 0 aliphatic carbocycles. The fourth-order valence-electron chi connectivity index (χ4n) is 0.764. The quantitative estimate of drug-likeness (QED) is 0.739. The van der Waals surface area contributed by atoms with Crippen LogP contribution in [0.3, 0.4) is 0 Å². The van der Waals surface area contributed by atoms with E-state index in [1.165, 1.54) is 0 Å². The molecule has 0 unspecified atom stereocenters. The highest BCUT2D eigenvalue weighted by Crippen LogP contribution is 2.07. The summed E-state index contributed by atoms with van der Waals surface area (Å²) in [5.74, 6) is 0.865. The predicted octanol–water partition coefficient (Wildman–Crippen LogP) is 3.07. The van der Waals surface area contributed by atoms with Crippen molar-refractivity contribution in [3.8, 4) is 0 Å². The second-order valence-electron chi connectivity index (χ2n) is 2.32. The SMILES string of the molecule is SCCC=Cc1ccc(Cl)cn1. The number of hydrogen-bond acceptors (Lipinski definition) is 2. The van der Waals surface area contributed by atoms with E-state index in [1.807, 2.05) is 24.3 Å². The van der Waals surface area contributed by atoms with Gasteiger partial charge in [-0.05, 0) is 30.4 Å². The minimum Gasteiger partial charge on any atom is -0.255 e. The largest absolute Gasteiger partial charge is 0.255 e. The van der Waals surface area contributed by atoms with Crippen LogP contribution in [-0.4, -0.2) is 10.7 Å². The fourth-order valence-corrected chi connectivity index (χ4v) is 1.03. The van der Waals surface area contributed by atoms with Crippen molar-refractivity contribution in [1.82, 2.24) is 4.98 Å². The van der Waals surface area contributed by atoms with Crippen LogP contribution < -0.4 is 0 Å². The molecule has 0 saturated heterocycles. The second kappa shape index (κ2) is 5.22. The second-order valence-corrected chi connectivity index (χ2v) is 3.20. The van der Waals surface area contributed by atoms with Crippen molar-refractivity contribution < 1.29 is 0 Å². The van der Waals surface area contributed by atoms with Crippen molar-refractivity contribution in [2.75, 3.05) is 5.75 Å². The number of hydrogen-bond donors (Lipinski definition) is 1. The van der Waals surface area contributed by atoms with Gasteiger partial charge in [0, 0.05) is 6.20 Å². The van der Waals surface area contributed by atoms with Crippen LogP contribution in [-0.2, 0) is 0 Å². The van der Waals surface area contributed by atoms with Crippen LogP contribution in [0.1, 0.15) is 12.1 Å². The molecule has 1 rings (SSSR count). The molecule has 1 aromatic heterocycles. The average Bonchev–Trinajstić information content (AvgIpc) is 2.09. The first kappa shape index (κ1) is 9.62. The fraction of sp³-hybridized carbons (Fsp3) is 0.222. The topological polar surface area (TPSA) is 12.9 Å². The highest BCUT2D eigenvalue weighted by molar-refractivity contribution is 7.80. The maximum atomic E-state index is 5.67. The molecule has 0 aliphatic rings. The third kappa shape index (κ3) is 3.28. The number of rotatable bonds is 3. The van der Waals surface area contributed by atoms with E-state index < -0.39 is 0 Å². The molecular weight excluding hydrogens is 190 g/mol. The van der Waals surface area contributed by atoms with Gasteiger partial charge in [-0.25, -0.2) is 0 Å². The van der Waals surface area contributed by atoms with Gasteiger partial charge in [-0.15, -0.1) is 0 Å². The summed E-state index contributed by atoms with van der Waals surface area (Å²) >= 11 is 9.76. The van der Waals surface area contributed by atoms with Gasteiger partial charge in [0.1, 0.15) is 0 Å². The lowest BCUT2D eigenvalue weighted by Crippen LogP contribution is -1.78. The Morgan fingerprint density at radius 3 is 2.92 bits per heavy atom. The molecule has 1 nitrogen and oxygen atoms in total. The molecule has 0 aromatic carbocycles. The van der Waals surface area contributed by atoms with Crippen LogP contribution in [0, 0.1) is 0 Å². The highest BCUT2D eigenvalue weighted by atomic mass is 35.5. The third-order valence-electron chi connectivity index (χ3n) is 1.33. The summed E-state index contributed by atoms with van der Waals surface area (Å²) in [6.45, 7) is 0. The first-order valence-electron chi connectivity index (χ1n) is 3.72. The summed E-state index contributed by atoms with van der Waals surface area (Å²) in [4.78, 5) is 4.11. The number of aromatic nitrogens is 1. The number of allylic oxidation sites excluding steroid dienone is 1. The number of pyridine rings is 1. The van der Waals surface area contributed by atoms with Crippen LogP contribution in [0.25, 0.3) is 6.08 Å². The highest BCUT2D eigenvalue weighted by Gasteiger charge is 1.87. The molecule has 1 heterocycles. The van der Waals surface area contributed by atoms with Gasteiger partial charge in [-0.2, -0.15) is 12.6 Å². The zero-order valence-corrected chi connectivity index (χ0v) is 8.22. The maximum absolute atomic E-state index is 5.67. The van der Waals surface area contributed by atoms with E-state index in [4.69, 9.17) is 11.6 Å². The summed E-state index contributed by atoms with van der Waals surface area (Å²) in [5.41, 5.74) is 0.932. The number of nitrogens with zero attached hydrogens (tertiary/aromatic N) is 1. The average molecular weight is 200 g/mol. The van der Waals surface area contributed by atoms with Crippen LogP contribution in [0.2, 0.25) is 5.02 Å². The van der Waals surface area contributed by atoms with Crippen molar-refractivity contribution in [3.05, 3.63) is 35.1 Å². The van der Waals surface area contributed by atoms with Gasteiger partial charge in [0.05, 0.1) is 10.7 Å². The van der Waals surface area contributed by atoms with Gasteiger partial charge < -0.3 is 0 Å². The van der Waals surface area contributed by atoms with E-state index in [-0.39, 0.29) is 0 Å². The van der Waals surface area contributed by atoms with Crippen molar-refractivity contribution in [3.63, 3.8) is 0 Å². The van der Waals surface area contributed by atoms with Crippen LogP contribution in [0.4, 0.5) is 0 Å². The molecule has 0 N–H and O–H groups in total. The molecule has 0 radical (unpaired) electrons. The zero-order valence-electron chi connectivity index (χ0n) is 6.57. The van der Waals surface area contributed by atoms with Gasteiger partial charge in [0.15, 0.2) is 0 Å². The molecule has 0 spiro atoms. The van der Waals surface area contributed by atoms with Crippen LogP contribution >= 0.6 is 24.2 Å². The molecular formula is C9H10ClNS. The molecule has 3 heteroatoms. The summed E-state index contributed by atoms with van der Waals surface area (Å²) in [7, 11) is 0. The first-order valence-corrected chi connectivity index (χ1v) is 4.73. The lowest BCUT2D eigenvalue weighted by Gasteiger charge is -1.91. The smallest absolute Gasteiger partial charge is 0.0627 e. The monoisotopic (exact) mass is 199 g/mol. The number of halogens is 1. The van der Waals surface area contributed by atoms with E-state index >= 15 is 0 Å². The predicted molar refractivity (Wildman–Crippen MR) is 56.8 cm³/mol. The summed E-state index contributed by atoms with van der Waals surface area (Å²) in [6.07, 6.45) is 6.62. The molecule has 12 heavy (non-hydrogen) atoms.